The number of nitrogens with two attached hydrogens (primary N) is 1. The Kier molecular flexibility index (Phi) is 2.64. The topological polar surface area (TPSA) is 43.8 Å². The van der Waals surface area contributed by atoms with E-state index in [4.69, 9.17) is 10.7 Å². The van der Waals surface area contributed by atoms with Crippen molar-refractivity contribution >= 4 is 16.7 Å². The van der Waals surface area contributed by atoms with Gasteiger partial charge in [-0.1, -0.05) is 26.8 Å². The number of hydrogen-bond donors (Lipinski definition) is 1. The van der Waals surface area contributed by atoms with E-state index in [2.05, 4.69) is 45.3 Å². The summed E-state index contributed by atoms with van der Waals surface area (Å²) in [5.41, 5.74) is 8.84. The number of nitrogens with zero attached hydrogens (tertiary/aromatic N) is 2. The van der Waals surface area contributed by atoms with Crippen molar-refractivity contribution in [1.82, 2.24) is 9.55 Å². The van der Waals surface area contributed by atoms with Gasteiger partial charge in [-0.25, -0.2) is 4.98 Å². The lowest BCUT2D eigenvalue weighted by Gasteiger charge is -2.22. The highest BCUT2D eigenvalue weighted by atomic mass is 15.1. The first-order valence-corrected chi connectivity index (χ1v) is 6.09. The van der Waals surface area contributed by atoms with Crippen molar-refractivity contribution in [3.05, 3.63) is 24.0 Å². The highest BCUT2D eigenvalue weighted by Gasteiger charge is 2.24. The fraction of sp³-hybridized carbons (Fsp3) is 0.500. The number of benzene rings is 1. The van der Waals surface area contributed by atoms with E-state index in [1.807, 2.05) is 12.1 Å². The minimum absolute atomic E-state index is 0.0235. The zero-order chi connectivity index (χ0) is 12.8. The van der Waals surface area contributed by atoms with E-state index in [-0.39, 0.29) is 5.41 Å². The van der Waals surface area contributed by atoms with Crippen LogP contribution in [0.25, 0.3) is 11.0 Å². The first-order valence-electron chi connectivity index (χ1n) is 6.09. The van der Waals surface area contributed by atoms with Crippen LogP contribution in [0, 0.1) is 0 Å². The highest BCUT2D eigenvalue weighted by molar-refractivity contribution is 5.87. The molecule has 0 fully saturated rings. The Bertz CT molecular complexity index is 544. The number of fused-ring (bicyclic) bond motifs is 1. The lowest BCUT2D eigenvalue weighted by atomic mass is 9.95. The van der Waals surface area contributed by atoms with Crippen molar-refractivity contribution in [3.8, 4) is 0 Å². The van der Waals surface area contributed by atoms with Crippen LogP contribution in [0.5, 0.6) is 0 Å². The van der Waals surface area contributed by atoms with Crippen LogP contribution >= 0.6 is 0 Å². The Labute approximate surface area is 103 Å². The summed E-state index contributed by atoms with van der Waals surface area (Å²) in [7, 11) is 0. The summed E-state index contributed by atoms with van der Waals surface area (Å²) in [6.07, 6.45) is 0. The average Bonchev–Trinajstić information content (AvgIpc) is 2.57. The Morgan fingerprint density at radius 3 is 2.41 bits per heavy atom. The number of aromatic nitrogens is 2. The van der Waals surface area contributed by atoms with E-state index < -0.39 is 0 Å². The van der Waals surface area contributed by atoms with Gasteiger partial charge in [-0.15, -0.1) is 0 Å². The Balaban J connectivity index is 2.85. The van der Waals surface area contributed by atoms with Gasteiger partial charge in [-0.3, -0.25) is 0 Å². The van der Waals surface area contributed by atoms with Gasteiger partial charge < -0.3 is 10.3 Å². The molecule has 0 spiro atoms. The molecule has 2 aromatic rings. The molecular formula is C14H21N3. The SMILES string of the molecule is CC(C)n1c(C(C)(C)C)nc2c(N)cccc21. The van der Waals surface area contributed by atoms with Gasteiger partial charge in [0, 0.05) is 11.5 Å². The van der Waals surface area contributed by atoms with Crippen molar-refractivity contribution in [2.75, 3.05) is 5.73 Å². The molecule has 0 radical (unpaired) electrons. The fourth-order valence-corrected chi connectivity index (χ4v) is 2.19. The predicted octanol–water partition coefficient (Wildman–Crippen LogP) is 3.50. The lowest BCUT2D eigenvalue weighted by Crippen LogP contribution is -2.20. The van der Waals surface area contributed by atoms with E-state index >= 15 is 0 Å². The third-order valence-electron chi connectivity index (χ3n) is 2.94. The number of hydrogen-bond acceptors (Lipinski definition) is 2. The molecule has 0 bridgehead atoms. The molecule has 0 amide bonds. The largest absolute Gasteiger partial charge is 0.397 e. The number of imidazole rings is 1. The van der Waals surface area contributed by atoms with Crippen molar-refractivity contribution in [3.63, 3.8) is 0 Å². The lowest BCUT2D eigenvalue weighted by molar-refractivity contribution is 0.477. The van der Waals surface area contributed by atoms with Crippen molar-refractivity contribution in [1.29, 1.82) is 0 Å². The van der Waals surface area contributed by atoms with Crippen molar-refractivity contribution in [2.45, 2.75) is 46.1 Å². The van der Waals surface area contributed by atoms with Gasteiger partial charge in [0.05, 0.1) is 11.2 Å². The van der Waals surface area contributed by atoms with E-state index in [1.165, 1.54) is 0 Å². The number of rotatable bonds is 1. The van der Waals surface area contributed by atoms with Crippen molar-refractivity contribution < 1.29 is 0 Å². The molecule has 0 aliphatic carbocycles. The summed E-state index contributed by atoms with van der Waals surface area (Å²) in [6.45, 7) is 10.9. The molecule has 0 unspecified atom stereocenters. The quantitative estimate of drug-likeness (QED) is 0.763. The summed E-state index contributed by atoms with van der Waals surface area (Å²) >= 11 is 0. The molecule has 0 aliphatic rings. The normalized spacial score (nSPS) is 12.6. The molecule has 1 heterocycles. The van der Waals surface area contributed by atoms with Gasteiger partial charge in [0.25, 0.3) is 0 Å². The van der Waals surface area contributed by atoms with Gasteiger partial charge in [0.15, 0.2) is 0 Å². The second-order valence-electron chi connectivity index (χ2n) is 5.86. The third kappa shape index (κ3) is 1.90. The average molecular weight is 231 g/mol. The molecule has 1 aromatic carbocycles. The molecule has 3 nitrogen and oxygen atoms in total. The minimum atomic E-state index is 0.0235. The maximum atomic E-state index is 6.01. The van der Waals surface area contributed by atoms with Crippen LogP contribution in [0.15, 0.2) is 18.2 Å². The molecule has 0 saturated carbocycles. The predicted molar refractivity (Wildman–Crippen MR) is 73.2 cm³/mol. The highest BCUT2D eigenvalue weighted by Crippen LogP contribution is 2.31. The van der Waals surface area contributed by atoms with Crippen LogP contribution in [-0.4, -0.2) is 9.55 Å². The van der Waals surface area contributed by atoms with Crippen LogP contribution in [0.1, 0.15) is 46.5 Å². The van der Waals surface area contributed by atoms with E-state index in [9.17, 15) is 0 Å². The zero-order valence-electron chi connectivity index (χ0n) is 11.3. The number of anilines is 1. The van der Waals surface area contributed by atoms with Gasteiger partial charge in [0.1, 0.15) is 11.3 Å². The zero-order valence-corrected chi connectivity index (χ0v) is 11.3. The smallest absolute Gasteiger partial charge is 0.115 e. The summed E-state index contributed by atoms with van der Waals surface area (Å²) < 4.78 is 2.28. The third-order valence-corrected chi connectivity index (χ3v) is 2.94. The minimum Gasteiger partial charge on any atom is -0.397 e. The molecule has 0 aliphatic heterocycles. The second-order valence-corrected chi connectivity index (χ2v) is 5.86. The number of para-hydroxylation sites is 1. The van der Waals surface area contributed by atoms with Crippen LogP contribution in [0.3, 0.4) is 0 Å². The molecule has 0 atom stereocenters. The number of nitrogen functional groups attached to an aromatic ring is 1. The van der Waals surface area contributed by atoms with Gasteiger partial charge in [-0.05, 0) is 26.0 Å². The van der Waals surface area contributed by atoms with Crippen molar-refractivity contribution in [2.24, 2.45) is 0 Å². The van der Waals surface area contributed by atoms with E-state index in [1.54, 1.807) is 0 Å². The van der Waals surface area contributed by atoms with Crippen LogP contribution in [-0.2, 0) is 5.41 Å². The van der Waals surface area contributed by atoms with Crippen LogP contribution < -0.4 is 5.73 Å². The van der Waals surface area contributed by atoms with Crippen LogP contribution in [0.4, 0.5) is 5.69 Å². The first kappa shape index (κ1) is 12.0. The summed E-state index contributed by atoms with van der Waals surface area (Å²) in [5, 5.41) is 0. The molecule has 1 aromatic heterocycles. The molecule has 3 heteroatoms. The Hall–Kier alpha value is -1.51. The standard InChI is InChI=1S/C14H21N3/c1-9(2)17-11-8-6-7-10(15)12(11)16-13(17)14(3,4)5/h6-9H,15H2,1-5H3. The summed E-state index contributed by atoms with van der Waals surface area (Å²) in [6, 6.07) is 6.38. The van der Waals surface area contributed by atoms with Gasteiger partial charge >= 0.3 is 0 Å². The van der Waals surface area contributed by atoms with Gasteiger partial charge in [-0.2, -0.15) is 0 Å². The second kappa shape index (κ2) is 3.76. The molecule has 2 rings (SSSR count). The van der Waals surface area contributed by atoms with E-state index in [0.717, 1.165) is 22.5 Å². The molecule has 0 saturated heterocycles. The van der Waals surface area contributed by atoms with Crippen LogP contribution in [0.2, 0.25) is 0 Å². The van der Waals surface area contributed by atoms with E-state index in [0.29, 0.717) is 6.04 Å². The Morgan fingerprint density at radius 2 is 1.88 bits per heavy atom. The molecule has 92 valence electrons. The molecule has 2 N–H and O–H groups in total. The Morgan fingerprint density at radius 1 is 1.24 bits per heavy atom. The fourth-order valence-electron chi connectivity index (χ4n) is 2.19. The monoisotopic (exact) mass is 231 g/mol. The maximum absolute atomic E-state index is 6.01. The maximum Gasteiger partial charge on any atom is 0.115 e. The first-order chi connectivity index (χ1) is 7.82. The molecular weight excluding hydrogens is 210 g/mol. The summed E-state index contributed by atoms with van der Waals surface area (Å²) in [5.74, 6) is 1.10. The van der Waals surface area contributed by atoms with Gasteiger partial charge in [0.2, 0.25) is 0 Å². The molecule has 17 heavy (non-hydrogen) atoms. The summed E-state index contributed by atoms with van der Waals surface area (Å²) in [4.78, 5) is 4.74.